The number of nitrogens with one attached hydrogen (secondary N) is 1. The second kappa shape index (κ2) is 5.15. The van der Waals surface area contributed by atoms with Gasteiger partial charge in [-0.2, -0.15) is 9.97 Å². The van der Waals surface area contributed by atoms with Gasteiger partial charge in [-0.25, -0.2) is 10.2 Å². The summed E-state index contributed by atoms with van der Waals surface area (Å²) in [5.41, 5.74) is 7.76. The Hall–Kier alpha value is -1.93. The second-order valence-electron chi connectivity index (χ2n) is 3.27. The summed E-state index contributed by atoms with van der Waals surface area (Å²) < 4.78 is 19.4. The van der Waals surface area contributed by atoms with Crippen LogP contribution in [0.4, 0.5) is 16.2 Å². The summed E-state index contributed by atoms with van der Waals surface area (Å²) in [5.74, 6) is 5.04. The maximum atomic E-state index is 13.5. The van der Waals surface area contributed by atoms with Gasteiger partial charge < -0.3 is 15.9 Å². The van der Waals surface area contributed by atoms with E-state index in [4.69, 9.17) is 16.3 Å². The standard InChI is InChI=1S/C10H9BrFN5O/c11-5-1-2-7(6(12)3-5)18-9-4-8(17-14)15-10(13)16-9/h1-4H,14H2,(H3,13,15,16,17). The smallest absolute Gasteiger partial charge is 0.226 e. The number of hydrogen-bond acceptors (Lipinski definition) is 6. The fourth-order valence-corrected chi connectivity index (χ4v) is 1.57. The minimum atomic E-state index is -0.524. The van der Waals surface area contributed by atoms with Gasteiger partial charge in [-0.1, -0.05) is 15.9 Å². The fourth-order valence-electron chi connectivity index (χ4n) is 1.24. The number of ether oxygens (including phenoxy) is 1. The van der Waals surface area contributed by atoms with Gasteiger partial charge in [0.2, 0.25) is 11.8 Å². The Morgan fingerprint density at radius 2 is 2.06 bits per heavy atom. The molecule has 0 aliphatic carbocycles. The normalized spacial score (nSPS) is 10.2. The molecule has 0 fully saturated rings. The van der Waals surface area contributed by atoms with Gasteiger partial charge in [-0.05, 0) is 18.2 Å². The molecule has 0 saturated heterocycles. The van der Waals surface area contributed by atoms with Crippen LogP contribution >= 0.6 is 15.9 Å². The molecule has 1 aromatic carbocycles. The summed E-state index contributed by atoms with van der Waals surface area (Å²) in [4.78, 5) is 7.59. The van der Waals surface area contributed by atoms with Crippen molar-refractivity contribution in [1.82, 2.24) is 9.97 Å². The maximum Gasteiger partial charge on any atom is 0.226 e. The van der Waals surface area contributed by atoms with E-state index in [-0.39, 0.29) is 23.4 Å². The van der Waals surface area contributed by atoms with E-state index in [1.165, 1.54) is 18.2 Å². The molecular weight excluding hydrogens is 305 g/mol. The van der Waals surface area contributed by atoms with E-state index in [1.54, 1.807) is 6.07 Å². The molecule has 1 aromatic heterocycles. The lowest BCUT2D eigenvalue weighted by molar-refractivity contribution is 0.427. The number of rotatable bonds is 3. The summed E-state index contributed by atoms with van der Waals surface area (Å²) in [5, 5.41) is 0. The zero-order valence-corrected chi connectivity index (χ0v) is 10.6. The molecule has 0 atom stereocenters. The molecule has 0 aliphatic rings. The van der Waals surface area contributed by atoms with E-state index < -0.39 is 5.82 Å². The molecule has 0 aliphatic heterocycles. The number of nitrogen functional groups attached to an aromatic ring is 2. The summed E-state index contributed by atoms with van der Waals surface area (Å²) in [6, 6.07) is 5.79. The highest BCUT2D eigenvalue weighted by Crippen LogP contribution is 2.26. The van der Waals surface area contributed by atoms with Crippen LogP contribution < -0.4 is 21.7 Å². The lowest BCUT2D eigenvalue weighted by Gasteiger charge is -2.08. The highest BCUT2D eigenvalue weighted by Gasteiger charge is 2.08. The maximum absolute atomic E-state index is 13.5. The fraction of sp³-hybridized carbons (Fsp3) is 0. The third-order valence-electron chi connectivity index (χ3n) is 1.98. The van der Waals surface area contributed by atoms with Crippen molar-refractivity contribution in [3.05, 3.63) is 34.6 Å². The number of nitrogens with two attached hydrogens (primary N) is 2. The number of nitrogens with zero attached hydrogens (tertiary/aromatic N) is 2. The molecule has 0 bridgehead atoms. The van der Waals surface area contributed by atoms with Crippen molar-refractivity contribution in [3.63, 3.8) is 0 Å². The number of halogens is 2. The molecule has 0 unspecified atom stereocenters. The Kier molecular flexibility index (Phi) is 3.58. The van der Waals surface area contributed by atoms with E-state index >= 15 is 0 Å². The molecule has 2 aromatic rings. The summed E-state index contributed by atoms with van der Waals surface area (Å²) in [6.45, 7) is 0. The highest BCUT2D eigenvalue weighted by molar-refractivity contribution is 9.10. The summed E-state index contributed by atoms with van der Waals surface area (Å²) >= 11 is 3.15. The first-order valence-electron chi connectivity index (χ1n) is 4.82. The summed E-state index contributed by atoms with van der Waals surface area (Å²) in [6.07, 6.45) is 0. The summed E-state index contributed by atoms with van der Waals surface area (Å²) in [7, 11) is 0. The molecule has 1 heterocycles. The Morgan fingerprint density at radius 3 is 2.72 bits per heavy atom. The lowest BCUT2D eigenvalue weighted by atomic mass is 10.3. The van der Waals surface area contributed by atoms with Crippen LogP contribution in [0.25, 0.3) is 0 Å². The van der Waals surface area contributed by atoms with Gasteiger partial charge in [0.1, 0.15) is 5.82 Å². The van der Waals surface area contributed by atoms with Crippen molar-refractivity contribution >= 4 is 27.7 Å². The Balaban J connectivity index is 2.30. The number of hydrogen-bond donors (Lipinski definition) is 3. The number of hydrazine groups is 1. The van der Waals surface area contributed by atoms with Gasteiger partial charge >= 0.3 is 0 Å². The van der Waals surface area contributed by atoms with Crippen LogP contribution in [0.2, 0.25) is 0 Å². The van der Waals surface area contributed by atoms with Crippen LogP contribution in [0.1, 0.15) is 0 Å². The predicted molar refractivity (Wildman–Crippen MR) is 68.4 cm³/mol. The van der Waals surface area contributed by atoms with Crippen molar-refractivity contribution < 1.29 is 9.13 Å². The molecule has 5 N–H and O–H groups in total. The van der Waals surface area contributed by atoms with Crippen molar-refractivity contribution in [2.45, 2.75) is 0 Å². The van der Waals surface area contributed by atoms with Gasteiger partial charge in [0.25, 0.3) is 0 Å². The molecule has 0 spiro atoms. The van der Waals surface area contributed by atoms with Crippen LogP contribution in [0.15, 0.2) is 28.7 Å². The second-order valence-corrected chi connectivity index (χ2v) is 4.19. The average Bonchev–Trinajstić information content (AvgIpc) is 2.32. The molecule has 0 radical (unpaired) electrons. The van der Waals surface area contributed by atoms with Crippen LogP contribution in [0.3, 0.4) is 0 Å². The van der Waals surface area contributed by atoms with E-state index in [1.807, 2.05) is 0 Å². The number of anilines is 2. The molecule has 94 valence electrons. The third-order valence-corrected chi connectivity index (χ3v) is 2.47. The lowest BCUT2D eigenvalue weighted by Crippen LogP contribution is -2.10. The van der Waals surface area contributed by atoms with Crippen molar-refractivity contribution in [3.8, 4) is 11.6 Å². The third kappa shape index (κ3) is 2.84. The largest absolute Gasteiger partial charge is 0.436 e. The van der Waals surface area contributed by atoms with Crippen LogP contribution in [0.5, 0.6) is 11.6 Å². The number of benzene rings is 1. The molecule has 6 nitrogen and oxygen atoms in total. The van der Waals surface area contributed by atoms with Gasteiger partial charge in [0, 0.05) is 10.5 Å². The molecule has 18 heavy (non-hydrogen) atoms. The van der Waals surface area contributed by atoms with Crippen molar-refractivity contribution in [2.75, 3.05) is 11.2 Å². The van der Waals surface area contributed by atoms with Gasteiger partial charge in [-0.15, -0.1) is 0 Å². The molecule has 0 amide bonds. The quantitative estimate of drug-likeness (QED) is 0.592. The van der Waals surface area contributed by atoms with Crippen molar-refractivity contribution in [2.24, 2.45) is 5.84 Å². The van der Waals surface area contributed by atoms with Crippen molar-refractivity contribution in [1.29, 1.82) is 0 Å². The number of aromatic nitrogens is 2. The first-order valence-corrected chi connectivity index (χ1v) is 5.62. The Labute approximate surface area is 110 Å². The Morgan fingerprint density at radius 1 is 1.28 bits per heavy atom. The monoisotopic (exact) mass is 313 g/mol. The zero-order valence-electron chi connectivity index (χ0n) is 9.02. The predicted octanol–water partition coefficient (Wildman–Crippen LogP) is 2.04. The van der Waals surface area contributed by atoms with Gasteiger partial charge in [0.05, 0.1) is 0 Å². The average molecular weight is 314 g/mol. The van der Waals surface area contributed by atoms with Gasteiger partial charge in [0.15, 0.2) is 11.6 Å². The molecular formula is C10H9BrFN5O. The van der Waals surface area contributed by atoms with Crippen LogP contribution in [0, 0.1) is 5.82 Å². The minimum absolute atomic E-state index is 0.0271. The van der Waals surface area contributed by atoms with Gasteiger partial charge in [-0.3, -0.25) is 0 Å². The van der Waals surface area contributed by atoms with E-state index in [0.29, 0.717) is 4.47 Å². The van der Waals surface area contributed by atoms with Crippen LogP contribution in [-0.2, 0) is 0 Å². The first-order chi connectivity index (χ1) is 8.58. The molecule has 2 rings (SSSR count). The molecule has 0 saturated carbocycles. The van der Waals surface area contributed by atoms with Crippen LogP contribution in [-0.4, -0.2) is 9.97 Å². The highest BCUT2D eigenvalue weighted by atomic mass is 79.9. The zero-order chi connectivity index (χ0) is 13.1. The Bertz CT molecular complexity index is 580. The van der Waals surface area contributed by atoms with E-state index in [0.717, 1.165) is 0 Å². The minimum Gasteiger partial charge on any atom is -0.436 e. The topological polar surface area (TPSA) is 99.1 Å². The SMILES string of the molecule is NNc1cc(Oc2ccc(Br)cc2F)nc(N)n1. The van der Waals surface area contributed by atoms with E-state index in [9.17, 15) is 4.39 Å². The van der Waals surface area contributed by atoms with E-state index in [2.05, 4.69) is 31.3 Å². The first kappa shape index (κ1) is 12.5. The molecule has 8 heteroatoms.